The molecule has 1 amide bonds. The fourth-order valence-electron chi connectivity index (χ4n) is 1.19. The van der Waals surface area contributed by atoms with Gasteiger partial charge in [-0.25, -0.2) is 0 Å². The fourth-order valence-corrected chi connectivity index (χ4v) is 1.86. The summed E-state index contributed by atoms with van der Waals surface area (Å²) >= 11 is 1.01. The molecular weight excluding hydrogens is 212 g/mol. The molecule has 0 bridgehead atoms. The Hall–Kier alpha value is -1.95. The molecule has 2 rings (SSSR count). The van der Waals surface area contributed by atoms with Gasteiger partial charge in [-0.1, -0.05) is 0 Å². The van der Waals surface area contributed by atoms with E-state index in [9.17, 15) is 4.79 Å². The number of hydrogen-bond acceptors (Lipinski definition) is 5. The molecule has 0 aliphatic carbocycles. The van der Waals surface area contributed by atoms with Crippen LogP contribution >= 0.6 is 11.5 Å². The van der Waals surface area contributed by atoms with Gasteiger partial charge < -0.3 is 11.5 Å². The van der Waals surface area contributed by atoms with Gasteiger partial charge in [0.25, 0.3) is 5.91 Å². The van der Waals surface area contributed by atoms with Crippen molar-refractivity contribution in [1.82, 2.24) is 9.36 Å². The molecule has 0 aromatic carbocycles. The third-order valence-electron chi connectivity index (χ3n) is 1.91. The van der Waals surface area contributed by atoms with Crippen LogP contribution in [-0.4, -0.2) is 15.3 Å². The molecule has 76 valence electrons. The highest BCUT2D eigenvalue weighted by molar-refractivity contribution is 7.09. The van der Waals surface area contributed by atoms with Crippen molar-refractivity contribution in [1.29, 1.82) is 0 Å². The van der Waals surface area contributed by atoms with E-state index in [0.717, 1.165) is 17.1 Å². The Morgan fingerprint density at radius 2 is 2.00 bits per heavy atom. The number of carbonyl (C=O) groups is 1. The summed E-state index contributed by atoms with van der Waals surface area (Å²) < 4.78 is 4.10. The van der Waals surface area contributed by atoms with Crippen LogP contribution in [0.1, 0.15) is 9.67 Å². The molecular formula is C9H8N4OS. The zero-order valence-corrected chi connectivity index (χ0v) is 8.49. The highest BCUT2D eigenvalue weighted by atomic mass is 32.1. The number of rotatable bonds is 2. The number of pyridine rings is 1. The summed E-state index contributed by atoms with van der Waals surface area (Å²) in [6.45, 7) is 0. The van der Waals surface area contributed by atoms with Gasteiger partial charge in [0, 0.05) is 18.0 Å². The van der Waals surface area contributed by atoms with Crippen molar-refractivity contribution in [3.05, 3.63) is 29.4 Å². The average Bonchev–Trinajstić information content (AvgIpc) is 2.61. The highest BCUT2D eigenvalue weighted by Gasteiger charge is 2.15. The van der Waals surface area contributed by atoms with Crippen molar-refractivity contribution in [3.8, 4) is 11.3 Å². The van der Waals surface area contributed by atoms with E-state index in [-0.39, 0.29) is 0 Å². The first-order valence-electron chi connectivity index (χ1n) is 4.15. The summed E-state index contributed by atoms with van der Waals surface area (Å²) in [5.41, 5.74) is 12.6. The van der Waals surface area contributed by atoms with E-state index in [4.69, 9.17) is 11.5 Å². The Morgan fingerprint density at radius 1 is 1.33 bits per heavy atom. The molecule has 4 N–H and O–H groups in total. The third kappa shape index (κ3) is 1.66. The van der Waals surface area contributed by atoms with Crippen LogP contribution in [0, 0.1) is 0 Å². The van der Waals surface area contributed by atoms with Gasteiger partial charge in [-0.3, -0.25) is 9.78 Å². The lowest BCUT2D eigenvalue weighted by Crippen LogP contribution is -2.10. The van der Waals surface area contributed by atoms with Gasteiger partial charge in [0.15, 0.2) is 0 Å². The minimum absolute atomic E-state index is 0.293. The summed E-state index contributed by atoms with van der Waals surface area (Å²) in [6.07, 6.45) is 3.27. The number of nitrogen functional groups attached to an aromatic ring is 1. The molecule has 6 heteroatoms. The van der Waals surface area contributed by atoms with Gasteiger partial charge in [-0.05, 0) is 23.7 Å². The SMILES string of the molecule is NC(=O)c1snc(-c2ccncc2)c1N. The maximum atomic E-state index is 11.0. The Morgan fingerprint density at radius 3 is 2.53 bits per heavy atom. The molecule has 0 fully saturated rings. The lowest BCUT2D eigenvalue weighted by atomic mass is 10.1. The van der Waals surface area contributed by atoms with E-state index >= 15 is 0 Å². The minimum Gasteiger partial charge on any atom is -0.396 e. The molecule has 2 aromatic heterocycles. The zero-order valence-electron chi connectivity index (χ0n) is 7.68. The fraction of sp³-hybridized carbons (Fsp3) is 0. The first kappa shape index (κ1) is 9.60. The van der Waals surface area contributed by atoms with Gasteiger partial charge in [0.1, 0.15) is 10.6 Å². The molecule has 15 heavy (non-hydrogen) atoms. The highest BCUT2D eigenvalue weighted by Crippen LogP contribution is 2.29. The Bertz CT molecular complexity index is 494. The van der Waals surface area contributed by atoms with Crippen molar-refractivity contribution in [2.45, 2.75) is 0 Å². The normalized spacial score (nSPS) is 10.1. The summed E-state index contributed by atoms with van der Waals surface area (Å²) in [7, 11) is 0. The van der Waals surface area contributed by atoms with Crippen LogP contribution in [-0.2, 0) is 0 Å². The summed E-state index contributed by atoms with van der Waals surface area (Å²) in [4.78, 5) is 15.1. The monoisotopic (exact) mass is 220 g/mol. The number of aromatic nitrogens is 2. The molecule has 2 aromatic rings. The number of hydrogen-bond donors (Lipinski definition) is 2. The lowest BCUT2D eigenvalue weighted by Gasteiger charge is -1.97. The van der Waals surface area contributed by atoms with Gasteiger partial charge in [-0.2, -0.15) is 4.37 Å². The van der Waals surface area contributed by atoms with Crippen LogP contribution in [0.4, 0.5) is 5.69 Å². The van der Waals surface area contributed by atoms with Crippen LogP contribution in [0.5, 0.6) is 0 Å². The van der Waals surface area contributed by atoms with Crippen LogP contribution < -0.4 is 11.5 Å². The molecule has 0 aliphatic rings. The topological polar surface area (TPSA) is 94.9 Å². The largest absolute Gasteiger partial charge is 0.396 e. The number of primary amides is 1. The third-order valence-corrected chi connectivity index (χ3v) is 2.78. The minimum atomic E-state index is -0.551. The van der Waals surface area contributed by atoms with Gasteiger partial charge in [0.05, 0.1) is 5.69 Å². The first-order chi connectivity index (χ1) is 7.20. The van der Waals surface area contributed by atoms with Crippen LogP contribution in [0.15, 0.2) is 24.5 Å². The number of nitrogens with zero attached hydrogens (tertiary/aromatic N) is 2. The second-order valence-corrected chi connectivity index (χ2v) is 3.65. The second-order valence-electron chi connectivity index (χ2n) is 2.87. The van der Waals surface area contributed by atoms with Crippen molar-refractivity contribution >= 4 is 23.1 Å². The zero-order chi connectivity index (χ0) is 10.8. The van der Waals surface area contributed by atoms with E-state index in [2.05, 4.69) is 9.36 Å². The van der Waals surface area contributed by atoms with E-state index in [1.54, 1.807) is 24.5 Å². The standard InChI is InChI=1S/C9H8N4OS/c10-6-7(5-1-3-12-4-2-5)13-15-8(6)9(11)14/h1-4H,10H2,(H2,11,14). The van der Waals surface area contributed by atoms with E-state index < -0.39 is 5.91 Å². The Kier molecular flexibility index (Phi) is 2.34. The molecule has 0 saturated carbocycles. The molecule has 0 radical (unpaired) electrons. The Labute approximate surface area is 89.9 Å². The number of nitrogens with two attached hydrogens (primary N) is 2. The average molecular weight is 220 g/mol. The predicted octanol–water partition coefficient (Wildman–Crippen LogP) is 0.886. The number of amides is 1. The predicted molar refractivity (Wildman–Crippen MR) is 58.3 cm³/mol. The van der Waals surface area contributed by atoms with Crippen molar-refractivity contribution in [2.24, 2.45) is 5.73 Å². The molecule has 5 nitrogen and oxygen atoms in total. The van der Waals surface area contributed by atoms with Gasteiger partial charge in [-0.15, -0.1) is 0 Å². The summed E-state index contributed by atoms with van der Waals surface area (Å²) in [5, 5.41) is 0. The molecule has 0 atom stereocenters. The van der Waals surface area contributed by atoms with Crippen LogP contribution in [0.2, 0.25) is 0 Å². The smallest absolute Gasteiger partial charge is 0.262 e. The number of carbonyl (C=O) groups excluding carboxylic acids is 1. The van der Waals surface area contributed by atoms with Gasteiger partial charge in [0.2, 0.25) is 0 Å². The second kappa shape index (κ2) is 3.66. The molecule has 0 spiro atoms. The quantitative estimate of drug-likeness (QED) is 0.785. The van der Waals surface area contributed by atoms with E-state index in [1.165, 1.54) is 0 Å². The Balaban J connectivity index is 2.52. The number of anilines is 1. The first-order valence-corrected chi connectivity index (χ1v) is 4.93. The van der Waals surface area contributed by atoms with Crippen molar-refractivity contribution in [2.75, 3.05) is 5.73 Å². The van der Waals surface area contributed by atoms with Crippen molar-refractivity contribution in [3.63, 3.8) is 0 Å². The lowest BCUT2D eigenvalue weighted by molar-refractivity contribution is 0.100. The van der Waals surface area contributed by atoms with Crippen molar-refractivity contribution < 1.29 is 4.79 Å². The summed E-state index contributed by atoms with van der Waals surface area (Å²) in [6, 6.07) is 3.55. The molecule has 0 saturated heterocycles. The summed E-state index contributed by atoms with van der Waals surface area (Å²) in [5.74, 6) is -0.551. The van der Waals surface area contributed by atoms with Crippen LogP contribution in [0.3, 0.4) is 0 Å². The van der Waals surface area contributed by atoms with E-state index in [1.807, 2.05) is 0 Å². The molecule has 0 aliphatic heterocycles. The maximum absolute atomic E-state index is 11.0. The molecule has 2 heterocycles. The van der Waals surface area contributed by atoms with Gasteiger partial charge >= 0.3 is 0 Å². The maximum Gasteiger partial charge on any atom is 0.262 e. The van der Waals surface area contributed by atoms with E-state index in [0.29, 0.717) is 16.3 Å². The van der Waals surface area contributed by atoms with Crippen LogP contribution in [0.25, 0.3) is 11.3 Å². The molecule has 0 unspecified atom stereocenters.